The van der Waals surface area contributed by atoms with Crippen LogP contribution in [0.4, 0.5) is 34.1 Å². The third-order valence-corrected chi connectivity index (χ3v) is 14.7. The van der Waals surface area contributed by atoms with Gasteiger partial charge in [-0.1, -0.05) is 109 Å². The molecule has 0 spiro atoms. The topological polar surface area (TPSA) is 82.8 Å². The summed E-state index contributed by atoms with van der Waals surface area (Å²) in [6.07, 6.45) is 0. The van der Waals surface area contributed by atoms with Gasteiger partial charge in [-0.2, -0.15) is 5.26 Å². The zero-order valence-electron chi connectivity index (χ0n) is 39.0. The molecule has 0 saturated carbocycles. The van der Waals surface area contributed by atoms with E-state index >= 15 is 0 Å². The van der Waals surface area contributed by atoms with E-state index in [1.54, 1.807) is 0 Å². The number of rotatable bonds is 6. The van der Waals surface area contributed by atoms with E-state index in [1.165, 1.54) is 0 Å². The molecule has 0 aliphatic rings. The first-order chi connectivity index (χ1) is 35.5. The molecule has 0 N–H and O–H groups in total. The van der Waals surface area contributed by atoms with Crippen LogP contribution in [0.15, 0.2) is 218 Å². The molecule has 0 amide bonds. The number of nitriles is 1. The number of anilines is 6. The second-order valence-electron chi connectivity index (χ2n) is 18.8. The Morgan fingerprint density at radius 1 is 0.333 bits per heavy atom. The minimum atomic E-state index is 0.529. The average Bonchev–Trinajstić information content (AvgIpc) is 4.18. The van der Waals surface area contributed by atoms with Crippen LogP contribution in [0.2, 0.25) is 0 Å². The summed E-state index contributed by atoms with van der Waals surface area (Å²) in [5.74, 6) is 0. The SMILES string of the molecule is Cc1ccccc1N(c1ccc2cc3c(cc2c1)oc1cc2oc4cc5cc(N(c6ccccc6C)c6cccc7c6oc6ccccc67)ccc5cc4c2c(C#N)c13)c1cccc2c1oc1ccccc12. The fourth-order valence-corrected chi connectivity index (χ4v) is 11.3. The minimum Gasteiger partial charge on any atom is -0.456 e. The van der Waals surface area contributed by atoms with Gasteiger partial charge in [-0.25, -0.2) is 0 Å². The zero-order chi connectivity index (χ0) is 47.8. The van der Waals surface area contributed by atoms with Crippen LogP contribution < -0.4 is 9.80 Å². The Morgan fingerprint density at radius 3 is 1.24 bits per heavy atom. The van der Waals surface area contributed by atoms with Crippen molar-refractivity contribution >= 4 is 143 Å². The molecule has 0 radical (unpaired) electrons. The van der Waals surface area contributed by atoms with Gasteiger partial charge in [0.2, 0.25) is 0 Å². The van der Waals surface area contributed by atoms with Gasteiger partial charge in [-0.05, 0) is 131 Å². The normalized spacial score (nSPS) is 12.0. The van der Waals surface area contributed by atoms with Crippen molar-refractivity contribution in [1.29, 1.82) is 5.26 Å². The third kappa shape index (κ3) is 5.84. The van der Waals surface area contributed by atoms with Crippen LogP contribution in [-0.2, 0) is 0 Å². The molecule has 15 rings (SSSR count). The van der Waals surface area contributed by atoms with Crippen molar-refractivity contribution in [3.8, 4) is 6.07 Å². The lowest BCUT2D eigenvalue weighted by molar-refractivity contribution is 0.656. The zero-order valence-corrected chi connectivity index (χ0v) is 39.0. The highest BCUT2D eigenvalue weighted by Crippen LogP contribution is 2.48. The molecule has 4 heterocycles. The van der Waals surface area contributed by atoms with Crippen LogP contribution in [0, 0.1) is 25.2 Å². The Balaban J connectivity index is 0.867. The van der Waals surface area contributed by atoms with Crippen molar-refractivity contribution in [1.82, 2.24) is 0 Å². The fraction of sp³-hybridized carbons (Fsp3) is 0.0308. The molecule has 0 unspecified atom stereocenters. The molecule has 0 fully saturated rings. The van der Waals surface area contributed by atoms with Crippen LogP contribution in [0.3, 0.4) is 0 Å². The Morgan fingerprint density at radius 2 is 0.764 bits per heavy atom. The lowest BCUT2D eigenvalue weighted by Gasteiger charge is -2.27. The highest BCUT2D eigenvalue weighted by Gasteiger charge is 2.25. The number of hydrogen-bond acceptors (Lipinski definition) is 7. The van der Waals surface area contributed by atoms with Crippen molar-refractivity contribution in [2.45, 2.75) is 13.8 Å². The molecule has 338 valence electrons. The van der Waals surface area contributed by atoms with Gasteiger partial charge in [0.05, 0.1) is 16.9 Å². The lowest BCUT2D eigenvalue weighted by atomic mass is 9.98. The quantitative estimate of drug-likeness (QED) is 0.164. The summed E-state index contributed by atoms with van der Waals surface area (Å²) < 4.78 is 26.6. The number of aryl methyl sites for hydroxylation is 2. The number of para-hydroxylation sites is 6. The largest absolute Gasteiger partial charge is 0.456 e. The molecule has 11 aromatic carbocycles. The van der Waals surface area contributed by atoms with E-state index in [4.69, 9.17) is 17.7 Å². The standard InChI is InChI=1S/C65H39N3O4/c1-37-13-3-7-19-52(37)67(54-21-11-17-47-45-15-5-9-23-56(45)71-64(47)54)43-27-25-39-31-49-58(33-41(39)29-43)69-60-35-61-63(51(36-66)62(49)60)50-32-40-26-28-44(30-42(40)34-59(50)70-61)68(53-20-8-4-14-38(53)2)55-22-12-18-48-46-16-6-10-24-57(46)72-65(48)55/h3-35H,1-2H3. The molecule has 0 aliphatic heterocycles. The molecule has 7 nitrogen and oxygen atoms in total. The van der Waals surface area contributed by atoms with Crippen LogP contribution in [0.25, 0.3) is 109 Å². The lowest BCUT2D eigenvalue weighted by Crippen LogP contribution is -2.11. The molecular formula is C65H39N3O4. The first-order valence-corrected chi connectivity index (χ1v) is 24.1. The smallest absolute Gasteiger partial charge is 0.159 e. The molecule has 0 aliphatic carbocycles. The van der Waals surface area contributed by atoms with E-state index < -0.39 is 0 Å². The predicted molar refractivity (Wildman–Crippen MR) is 294 cm³/mol. The summed E-state index contributed by atoms with van der Waals surface area (Å²) in [5.41, 5.74) is 14.7. The van der Waals surface area contributed by atoms with Crippen molar-refractivity contribution in [3.63, 3.8) is 0 Å². The van der Waals surface area contributed by atoms with E-state index in [0.29, 0.717) is 27.9 Å². The van der Waals surface area contributed by atoms with E-state index in [0.717, 1.165) is 132 Å². The molecular weight excluding hydrogens is 887 g/mol. The molecule has 0 saturated heterocycles. The highest BCUT2D eigenvalue weighted by molar-refractivity contribution is 6.22. The van der Waals surface area contributed by atoms with Crippen molar-refractivity contribution in [3.05, 3.63) is 217 Å². The van der Waals surface area contributed by atoms with Crippen LogP contribution in [-0.4, -0.2) is 0 Å². The maximum absolute atomic E-state index is 11.1. The number of nitrogens with zero attached hydrogens (tertiary/aromatic N) is 3. The molecule has 7 heteroatoms. The Hall–Kier alpha value is -9.77. The summed E-state index contributed by atoms with van der Waals surface area (Å²) >= 11 is 0. The maximum Gasteiger partial charge on any atom is 0.159 e. The fourth-order valence-electron chi connectivity index (χ4n) is 11.3. The molecule has 0 atom stereocenters. The van der Waals surface area contributed by atoms with E-state index in [2.05, 4.69) is 187 Å². The third-order valence-electron chi connectivity index (χ3n) is 14.7. The van der Waals surface area contributed by atoms with Crippen LogP contribution >= 0.6 is 0 Å². The van der Waals surface area contributed by atoms with Gasteiger partial charge in [-0.3, -0.25) is 0 Å². The van der Waals surface area contributed by atoms with E-state index in [9.17, 15) is 5.26 Å². The van der Waals surface area contributed by atoms with Crippen LogP contribution in [0.5, 0.6) is 0 Å². The van der Waals surface area contributed by atoms with Gasteiger partial charge in [0, 0.05) is 71.9 Å². The Labute approximate surface area is 411 Å². The first kappa shape index (κ1) is 40.1. The van der Waals surface area contributed by atoms with Gasteiger partial charge in [0.15, 0.2) is 11.2 Å². The summed E-state index contributed by atoms with van der Waals surface area (Å²) in [7, 11) is 0. The molecule has 72 heavy (non-hydrogen) atoms. The van der Waals surface area contributed by atoms with E-state index in [1.807, 2.05) is 42.5 Å². The molecule has 0 bridgehead atoms. The van der Waals surface area contributed by atoms with Crippen molar-refractivity contribution in [2.75, 3.05) is 9.80 Å². The van der Waals surface area contributed by atoms with Gasteiger partial charge in [0.1, 0.15) is 39.6 Å². The highest BCUT2D eigenvalue weighted by atomic mass is 16.3. The van der Waals surface area contributed by atoms with Crippen molar-refractivity contribution in [2.24, 2.45) is 0 Å². The summed E-state index contributed by atoms with van der Waals surface area (Å²) in [4.78, 5) is 4.56. The summed E-state index contributed by atoms with van der Waals surface area (Å²) in [6.45, 7) is 4.27. The monoisotopic (exact) mass is 925 g/mol. The summed E-state index contributed by atoms with van der Waals surface area (Å²) in [6, 6.07) is 72.0. The Bertz CT molecular complexity index is 4530. The molecule has 4 aromatic heterocycles. The second-order valence-corrected chi connectivity index (χ2v) is 18.8. The van der Waals surface area contributed by atoms with E-state index in [-0.39, 0.29) is 0 Å². The second kappa shape index (κ2) is 15.1. The van der Waals surface area contributed by atoms with Gasteiger partial charge < -0.3 is 27.5 Å². The van der Waals surface area contributed by atoms with Gasteiger partial charge in [-0.15, -0.1) is 0 Å². The van der Waals surface area contributed by atoms with Gasteiger partial charge >= 0.3 is 0 Å². The van der Waals surface area contributed by atoms with Gasteiger partial charge in [0.25, 0.3) is 0 Å². The van der Waals surface area contributed by atoms with Crippen molar-refractivity contribution < 1.29 is 17.7 Å². The Kier molecular flexibility index (Phi) is 8.43. The maximum atomic E-state index is 11.1. The number of benzene rings is 11. The first-order valence-electron chi connectivity index (χ1n) is 24.1. The molecule has 15 aromatic rings. The number of hydrogen-bond donors (Lipinski definition) is 0. The van der Waals surface area contributed by atoms with Crippen LogP contribution in [0.1, 0.15) is 16.7 Å². The number of furan rings is 4. The number of fused-ring (bicyclic) bond motifs is 14. The summed E-state index contributed by atoms with van der Waals surface area (Å²) in [5, 5.41) is 22.7. The minimum absolute atomic E-state index is 0.529. The predicted octanol–water partition coefficient (Wildman–Crippen LogP) is 19.0. The average molecular weight is 926 g/mol.